The van der Waals surface area contributed by atoms with Gasteiger partial charge in [0.15, 0.2) is 0 Å². The number of methoxy groups -OCH3 is 1. The van der Waals surface area contributed by atoms with E-state index in [1.165, 1.54) is 12.1 Å². The summed E-state index contributed by atoms with van der Waals surface area (Å²) in [7, 11) is 1.57. The minimum atomic E-state index is -0.232. The first-order valence-electron chi connectivity index (χ1n) is 4.98. The molecule has 0 saturated carbocycles. The second kappa shape index (κ2) is 4.31. The van der Waals surface area contributed by atoms with Crippen LogP contribution in [0, 0.1) is 12.7 Å². The first kappa shape index (κ1) is 10.6. The minimum absolute atomic E-state index is 0.232. The van der Waals surface area contributed by atoms with E-state index in [0.29, 0.717) is 5.88 Å². The average molecular weight is 217 g/mol. The van der Waals surface area contributed by atoms with E-state index in [1.54, 1.807) is 19.4 Å². The predicted molar refractivity (Wildman–Crippen MR) is 60.9 cm³/mol. The third-order valence-electron chi connectivity index (χ3n) is 2.44. The van der Waals surface area contributed by atoms with Gasteiger partial charge in [-0.1, -0.05) is 6.07 Å². The van der Waals surface area contributed by atoms with Crippen LogP contribution in [0.4, 0.5) is 4.39 Å². The van der Waals surface area contributed by atoms with Crippen molar-refractivity contribution in [3.05, 3.63) is 47.9 Å². The molecule has 2 nitrogen and oxygen atoms in total. The van der Waals surface area contributed by atoms with Gasteiger partial charge in [-0.15, -0.1) is 0 Å². The van der Waals surface area contributed by atoms with Crippen LogP contribution in [-0.2, 0) is 0 Å². The van der Waals surface area contributed by atoms with Crippen LogP contribution in [0.15, 0.2) is 36.5 Å². The maximum absolute atomic E-state index is 13.0. The van der Waals surface area contributed by atoms with E-state index in [4.69, 9.17) is 4.74 Å². The third-order valence-corrected chi connectivity index (χ3v) is 2.44. The van der Waals surface area contributed by atoms with Gasteiger partial charge in [0, 0.05) is 11.8 Å². The van der Waals surface area contributed by atoms with Crippen molar-refractivity contribution in [3.63, 3.8) is 0 Å². The van der Waals surface area contributed by atoms with Gasteiger partial charge in [-0.25, -0.2) is 9.37 Å². The fraction of sp³-hybridized carbons (Fsp3) is 0.154. The summed E-state index contributed by atoms with van der Waals surface area (Å²) in [5, 5.41) is 0. The van der Waals surface area contributed by atoms with Gasteiger partial charge in [0.1, 0.15) is 5.82 Å². The lowest BCUT2D eigenvalue weighted by molar-refractivity contribution is 0.399. The van der Waals surface area contributed by atoms with E-state index < -0.39 is 0 Å². The zero-order valence-corrected chi connectivity index (χ0v) is 9.20. The molecular weight excluding hydrogens is 205 g/mol. The Balaban J connectivity index is 2.58. The number of ether oxygens (including phenoxy) is 1. The van der Waals surface area contributed by atoms with E-state index in [2.05, 4.69) is 4.98 Å². The highest BCUT2D eigenvalue weighted by Crippen LogP contribution is 2.30. The van der Waals surface area contributed by atoms with Crippen LogP contribution >= 0.6 is 0 Å². The van der Waals surface area contributed by atoms with Crippen molar-refractivity contribution in [3.8, 4) is 17.0 Å². The molecule has 0 spiro atoms. The molecular formula is C13H12FNO. The lowest BCUT2D eigenvalue weighted by Crippen LogP contribution is -1.92. The molecule has 0 aliphatic heterocycles. The van der Waals surface area contributed by atoms with Crippen molar-refractivity contribution in [1.82, 2.24) is 4.98 Å². The Morgan fingerprint density at radius 3 is 2.69 bits per heavy atom. The van der Waals surface area contributed by atoms with Gasteiger partial charge in [0.05, 0.1) is 7.11 Å². The van der Waals surface area contributed by atoms with Gasteiger partial charge in [0.2, 0.25) is 5.88 Å². The molecule has 1 aromatic carbocycles. The molecule has 1 aromatic heterocycles. The highest BCUT2D eigenvalue weighted by molar-refractivity contribution is 5.71. The molecule has 0 radical (unpaired) electrons. The van der Waals surface area contributed by atoms with Crippen LogP contribution in [-0.4, -0.2) is 12.1 Å². The van der Waals surface area contributed by atoms with Gasteiger partial charge >= 0.3 is 0 Å². The Hall–Kier alpha value is -1.90. The first-order valence-corrected chi connectivity index (χ1v) is 4.98. The van der Waals surface area contributed by atoms with Crippen molar-refractivity contribution in [2.45, 2.75) is 6.92 Å². The highest BCUT2D eigenvalue weighted by Gasteiger charge is 2.08. The second-order valence-electron chi connectivity index (χ2n) is 3.52. The summed E-state index contributed by atoms with van der Waals surface area (Å²) in [5.41, 5.74) is 2.68. The second-order valence-corrected chi connectivity index (χ2v) is 3.52. The van der Waals surface area contributed by atoms with Gasteiger partial charge in [-0.05, 0) is 42.3 Å². The van der Waals surface area contributed by atoms with Crippen LogP contribution in [0.25, 0.3) is 11.1 Å². The van der Waals surface area contributed by atoms with Crippen LogP contribution in [0.2, 0.25) is 0 Å². The molecule has 16 heavy (non-hydrogen) atoms. The number of hydrogen-bond donors (Lipinski definition) is 0. The fourth-order valence-electron chi connectivity index (χ4n) is 1.69. The molecule has 2 aromatic rings. The molecule has 0 unspecified atom stereocenters. The molecule has 0 amide bonds. The number of halogens is 1. The molecule has 0 N–H and O–H groups in total. The predicted octanol–water partition coefficient (Wildman–Crippen LogP) is 3.20. The number of nitrogens with zero attached hydrogens (tertiary/aromatic N) is 1. The zero-order chi connectivity index (χ0) is 11.5. The summed E-state index contributed by atoms with van der Waals surface area (Å²) in [4.78, 5) is 4.12. The van der Waals surface area contributed by atoms with Crippen molar-refractivity contribution >= 4 is 0 Å². The zero-order valence-electron chi connectivity index (χ0n) is 9.20. The summed E-state index contributed by atoms with van der Waals surface area (Å²) in [6.45, 7) is 1.87. The third kappa shape index (κ3) is 1.89. The summed E-state index contributed by atoms with van der Waals surface area (Å²) in [6.07, 6.45) is 1.67. The largest absolute Gasteiger partial charge is 0.481 e. The molecule has 2 rings (SSSR count). The van der Waals surface area contributed by atoms with Crippen molar-refractivity contribution in [2.24, 2.45) is 0 Å². The first-order chi connectivity index (χ1) is 7.72. The van der Waals surface area contributed by atoms with Crippen LogP contribution in [0.3, 0.4) is 0 Å². The number of hydrogen-bond acceptors (Lipinski definition) is 2. The Morgan fingerprint density at radius 2 is 2.00 bits per heavy atom. The number of aromatic nitrogens is 1. The molecule has 0 bridgehead atoms. The van der Waals surface area contributed by atoms with Crippen molar-refractivity contribution in [1.29, 1.82) is 0 Å². The van der Waals surface area contributed by atoms with E-state index >= 15 is 0 Å². The Morgan fingerprint density at radius 1 is 1.19 bits per heavy atom. The van der Waals surface area contributed by atoms with Gasteiger partial charge < -0.3 is 4.74 Å². The van der Waals surface area contributed by atoms with Gasteiger partial charge in [-0.2, -0.15) is 0 Å². The fourth-order valence-corrected chi connectivity index (χ4v) is 1.69. The molecule has 0 aliphatic rings. The van der Waals surface area contributed by atoms with Crippen LogP contribution < -0.4 is 4.74 Å². The number of pyridine rings is 1. The van der Waals surface area contributed by atoms with Gasteiger partial charge in [-0.3, -0.25) is 0 Å². The molecule has 0 atom stereocenters. The maximum Gasteiger partial charge on any atom is 0.221 e. The number of rotatable bonds is 2. The van der Waals surface area contributed by atoms with Crippen molar-refractivity contribution in [2.75, 3.05) is 7.11 Å². The highest BCUT2D eigenvalue weighted by atomic mass is 19.1. The standard InChI is InChI=1S/C13H12FNO/c1-9-8-10(14)5-6-11(9)12-4-3-7-15-13(12)16-2/h3-8H,1-2H3. The topological polar surface area (TPSA) is 22.1 Å². The van der Waals surface area contributed by atoms with E-state index in [9.17, 15) is 4.39 Å². The maximum atomic E-state index is 13.0. The van der Waals surface area contributed by atoms with E-state index in [1.807, 2.05) is 19.1 Å². The quantitative estimate of drug-likeness (QED) is 0.770. The number of benzene rings is 1. The number of aryl methyl sites for hydroxylation is 1. The molecule has 1 heterocycles. The smallest absolute Gasteiger partial charge is 0.221 e. The molecule has 82 valence electrons. The lowest BCUT2D eigenvalue weighted by Gasteiger charge is -2.09. The summed E-state index contributed by atoms with van der Waals surface area (Å²) in [6, 6.07) is 8.42. The Bertz CT molecular complexity index is 511. The average Bonchev–Trinajstić information content (AvgIpc) is 2.29. The lowest BCUT2D eigenvalue weighted by atomic mass is 10.0. The monoisotopic (exact) mass is 217 g/mol. The molecule has 3 heteroatoms. The molecule has 0 aliphatic carbocycles. The summed E-state index contributed by atoms with van der Waals surface area (Å²) < 4.78 is 18.2. The molecule has 0 fully saturated rings. The van der Waals surface area contributed by atoms with E-state index in [0.717, 1.165) is 16.7 Å². The summed E-state index contributed by atoms with van der Waals surface area (Å²) in [5.74, 6) is 0.321. The Labute approximate surface area is 93.7 Å². The SMILES string of the molecule is COc1ncccc1-c1ccc(F)cc1C. The Kier molecular flexibility index (Phi) is 2.86. The van der Waals surface area contributed by atoms with Crippen molar-refractivity contribution < 1.29 is 9.13 Å². The van der Waals surface area contributed by atoms with Crippen LogP contribution in [0.1, 0.15) is 5.56 Å². The normalized spacial score (nSPS) is 10.2. The van der Waals surface area contributed by atoms with Crippen LogP contribution in [0.5, 0.6) is 5.88 Å². The minimum Gasteiger partial charge on any atom is -0.481 e. The van der Waals surface area contributed by atoms with Gasteiger partial charge in [0.25, 0.3) is 0 Å². The molecule has 0 saturated heterocycles. The van der Waals surface area contributed by atoms with E-state index in [-0.39, 0.29) is 5.82 Å². The summed E-state index contributed by atoms with van der Waals surface area (Å²) >= 11 is 0.